The molecule has 0 spiro atoms. The number of phenolic OH excluding ortho intramolecular Hbond substituents is 1. The number of carboxylic acids is 1. The predicted molar refractivity (Wildman–Crippen MR) is 123 cm³/mol. The Hall–Kier alpha value is -1.75. The highest BCUT2D eigenvalue weighted by atomic mass is 16.5. The third kappa shape index (κ3) is 16.1. The summed E-state index contributed by atoms with van der Waals surface area (Å²) >= 11 is 0. The molecule has 30 heavy (non-hydrogen) atoms. The van der Waals surface area contributed by atoms with Crippen LogP contribution in [0.25, 0.3) is 0 Å². The zero-order chi connectivity index (χ0) is 22.0. The minimum atomic E-state index is -0.690. The van der Waals surface area contributed by atoms with Crippen LogP contribution in [0, 0.1) is 0 Å². The molecule has 0 saturated heterocycles. The third-order valence-electron chi connectivity index (χ3n) is 5.20. The van der Waals surface area contributed by atoms with Gasteiger partial charge in [0, 0.05) is 18.5 Å². The highest BCUT2D eigenvalue weighted by Gasteiger charge is 2.13. The average molecular weight is 422 g/mol. The van der Waals surface area contributed by atoms with Crippen LogP contribution in [-0.2, 0) is 11.2 Å². The largest absolute Gasteiger partial charge is 0.508 e. The minimum Gasteiger partial charge on any atom is -0.508 e. The van der Waals surface area contributed by atoms with Crippen LogP contribution in [0.5, 0.6) is 11.5 Å². The van der Waals surface area contributed by atoms with Gasteiger partial charge in [0.05, 0.1) is 6.61 Å². The van der Waals surface area contributed by atoms with E-state index in [1.807, 2.05) is 12.1 Å². The predicted octanol–water partition coefficient (Wildman–Crippen LogP) is 6.21. The van der Waals surface area contributed by atoms with Crippen molar-refractivity contribution in [1.29, 1.82) is 0 Å². The lowest BCUT2D eigenvalue weighted by molar-refractivity contribution is -0.137. The summed E-state index contributed by atoms with van der Waals surface area (Å²) in [6, 6.07) is 6.16. The van der Waals surface area contributed by atoms with Gasteiger partial charge in [-0.2, -0.15) is 0 Å². The summed E-state index contributed by atoms with van der Waals surface area (Å²) in [6.45, 7) is 2.88. The van der Waals surface area contributed by atoms with Crippen molar-refractivity contribution in [2.45, 2.75) is 109 Å². The minimum absolute atomic E-state index is 0.289. The Bertz CT molecular complexity index is 572. The van der Waals surface area contributed by atoms with Crippen molar-refractivity contribution in [1.82, 2.24) is 0 Å². The SMILES string of the molecule is CCCCCc1cc(O)cc(OCCCCCCCCCCC(=O)O)c1.NC1CC1. The number of aryl methyl sites for hydroxylation is 1. The van der Waals surface area contributed by atoms with Gasteiger partial charge >= 0.3 is 5.97 Å². The standard InChI is InChI=1S/C22H36O4.C3H7N/c1-2-3-10-13-19-16-20(23)18-21(17-19)26-15-12-9-7-5-4-6-8-11-14-22(24)25;4-3-1-2-3/h16-18,23H,2-15H2,1H3,(H,24,25);3H,1-2,4H2. The zero-order valence-electron chi connectivity index (χ0n) is 18.9. The quantitative estimate of drug-likeness (QED) is 0.276. The highest BCUT2D eigenvalue weighted by Crippen LogP contribution is 2.23. The van der Waals surface area contributed by atoms with E-state index in [0.717, 1.165) is 56.3 Å². The van der Waals surface area contributed by atoms with E-state index >= 15 is 0 Å². The smallest absolute Gasteiger partial charge is 0.303 e. The van der Waals surface area contributed by atoms with Gasteiger partial charge in [0.2, 0.25) is 0 Å². The Labute approximate surface area is 183 Å². The Morgan fingerprint density at radius 3 is 2.13 bits per heavy atom. The topological polar surface area (TPSA) is 92.8 Å². The number of rotatable bonds is 16. The lowest BCUT2D eigenvalue weighted by Gasteiger charge is -2.09. The van der Waals surface area contributed by atoms with Gasteiger partial charge in [-0.05, 0) is 56.2 Å². The summed E-state index contributed by atoms with van der Waals surface area (Å²) in [5, 5.41) is 18.4. The van der Waals surface area contributed by atoms with E-state index in [1.54, 1.807) is 6.07 Å². The van der Waals surface area contributed by atoms with E-state index in [9.17, 15) is 9.90 Å². The molecule has 1 saturated carbocycles. The van der Waals surface area contributed by atoms with Crippen LogP contribution in [0.3, 0.4) is 0 Å². The average Bonchev–Trinajstić information content (AvgIpc) is 3.48. The molecular weight excluding hydrogens is 378 g/mol. The lowest BCUT2D eigenvalue weighted by atomic mass is 10.1. The molecule has 0 aromatic heterocycles. The van der Waals surface area contributed by atoms with Crippen LogP contribution in [-0.4, -0.2) is 28.8 Å². The molecule has 1 aromatic rings. The van der Waals surface area contributed by atoms with E-state index in [0.29, 0.717) is 19.1 Å². The molecule has 0 bridgehead atoms. The molecule has 1 aliphatic rings. The molecular formula is C25H43NO4. The number of phenols is 1. The highest BCUT2D eigenvalue weighted by molar-refractivity contribution is 5.66. The van der Waals surface area contributed by atoms with Crippen molar-refractivity contribution in [3.8, 4) is 11.5 Å². The number of hydrogen-bond donors (Lipinski definition) is 3. The molecule has 5 nitrogen and oxygen atoms in total. The molecule has 0 unspecified atom stereocenters. The number of nitrogens with two attached hydrogens (primary N) is 1. The maximum absolute atomic E-state index is 10.4. The first-order valence-electron chi connectivity index (χ1n) is 11.9. The number of hydrogen-bond acceptors (Lipinski definition) is 4. The van der Waals surface area contributed by atoms with E-state index in [1.165, 1.54) is 44.9 Å². The maximum atomic E-state index is 10.4. The van der Waals surface area contributed by atoms with Crippen LogP contribution < -0.4 is 10.5 Å². The van der Waals surface area contributed by atoms with Gasteiger partial charge in [0.25, 0.3) is 0 Å². The number of unbranched alkanes of at least 4 members (excludes halogenated alkanes) is 9. The molecule has 1 fully saturated rings. The number of carbonyl (C=O) groups is 1. The van der Waals surface area contributed by atoms with Crippen molar-refractivity contribution in [3.05, 3.63) is 23.8 Å². The number of aliphatic carboxylic acids is 1. The van der Waals surface area contributed by atoms with Crippen LogP contribution in [0.4, 0.5) is 0 Å². The first-order chi connectivity index (χ1) is 14.5. The molecule has 1 aromatic carbocycles. The molecule has 0 atom stereocenters. The van der Waals surface area contributed by atoms with Gasteiger partial charge in [-0.15, -0.1) is 0 Å². The number of benzene rings is 1. The van der Waals surface area contributed by atoms with Gasteiger partial charge in [-0.1, -0.05) is 58.3 Å². The summed E-state index contributed by atoms with van der Waals surface area (Å²) in [4.78, 5) is 10.4. The molecule has 5 heteroatoms. The Balaban J connectivity index is 0.000000998. The number of aromatic hydroxyl groups is 1. The second kappa shape index (κ2) is 17.0. The first-order valence-corrected chi connectivity index (χ1v) is 11.9. The molecule has 172 valence electrons. The molecule has 4 N–H and O–H groups in total. The summed E-state index contributed by atoms with van der Waals surface area (Å²) in [5.74, 6) is 0.372. The molecule has 2 rings (SSSR count). The van der Waals surface area contributed by atoms with Crippen LogP contribution in [0.1, 0.15) is 102 Å². The fourth-order valence-corrected chi connectivity index (χ4v) is 3.18. The summed E-state index contributed by atoms with van der Waals surface area (Å²) in [7, 11) is 0. The molecule has 0 heterocycles. The Kier molecular flexibility index (Phi) is 14.9. The Morgan fingerprint density at radius 1 is 0.967 bits per heavy atom. The second-order valence-corrected chi connectivity index (χ2v) is 8.45. The van der Waals surface area contributed by atoms with Crippen LogP contribution >= 0.6 is 0 Å². The van der Waals surface area contributed by atoms with E-state index in [4.69, 9.17) is 15.6 Å². The van der Waals surface area contributed by atoms with Crippen molar-refractivity contribution in [2.75, 3.05) is 6.61 Å². The molecule has 0 radical (unpaired) electrons. The van der Waals surface area contributed by atoms with Crippen LogP contribution in [0.15, 0.2) is 18.2 Å². The molecule has 0 amide bonds. The summed E-state index contributed by atoms with van der Waals surface area (Å²) in [5.41, 5.74) is 6.37. The van der Waals surface area contributed by atoms with Gasteiger partial charge in [0.1, 0.15) is 11.5 Å². The lowest BCUT2D eigenvalue weighted by Crippen LogP contribution is -1.98. The summed E-state index contributed by atoms with van der Waals surface area (Å²) < 4.78 is 5.80. The monoisotopic (exact) mass is 421 g/mol. The van der Waals surface area contributed by atoms with Gasteiger partial charge in [-0.3, -0.25) is 4.79 Å². The molecule has 0 aliphatic heterocycles. The van der Waals surface area contributed by atoms with E-state index < -0.39 is 5.97 Å². The van der Waals surface area contributed by atoms with Gasteiger partial charge < -0.3 is 20.7 Å². The van der Waals surface area contributed by atoms with Crippen LogP contribution in [0.2, 0.25) is 0 Å². The third-order valence-corrected chi connectivity index (χ3v) is 5.20. The van der Waals surface area contributed by atoms with E-state index in [2.05, 4.69) is 6.92 Å². The van der Waals surface area contributed by atoms with Gasteiger partial charge in [-0.25, -0.2) is 0 Å². The first kappa shape index (κ1) is 26.3. The van der Waals surface area contributed by atoms with Crippen molar-refractivity contribution in [3.63, 3.8) is 0 Å². The number of carboxylic acid groups (broad SMARTS) is 1. The molecule has 1 aliphatic carbocycles. The van der Waals surface area contributed by atoms with Gasteiger partial charge in [0.15, 0.2) is 0 Å². The normalized spacial score (nSPS) is 12.9. The van der Waals surface area contributed by atoms with Crippen molar-refractivity contribution < 1.29 is 19.7 Å². The number of ether oxygens (including phenoxy) is 1. The summed E-state index contributed by atoms with van der Waals surface area (Å²) in [6.07, 6.45) is 16.1. The maximum Gasteiger partial charge on any atom is 0.303 e. The second-order valence-electron chi connectivity index (χ2n) is 8.45. The zero-order valence-corrected chi connectivity index (χ0v) is 18.9. The Morgan fingerprint density at radius 2 is 1.57 bits per heavy atom. The van der Waals surface area contributed by atoms with Crippen molar-refractivity contribution in [2.24, 2.45) is 5.73 Å². The van der Waals surface area contributed by atoms with E-state index in [-0.39, 0.29) is 5.75 Å². The van der Waals surface area contributed by atoms with Crippen molar-refractivity contribution >= 4 is 5.97 Å². The fourth-order valence-electron chi connectivity index (χ4n) is 3.18. The fraction of sp³-hybridized carbons (Fsp3) is 0.720.